The van der Waals surface area contributed by atoms with Gasteiger partial charge in [0, 0.05) is 25.3 Å². The summed E-state index contributed by atoms with van der Waals surface area (Å²) in [5.74, 6) is 0.0296. The predicted molar refractivity (Wildman–Crippen MR) is 98.8 cm³/mol. The molecule has 0 saturated carbocycles. The van der Waals surface area contributed by atoms with Crippen LogP contribution in [0.1, 0.15) is 48.2 Å². The predicted octanol–water partition coefficient (Wildman–Crippen LogP) is 3.04. The topological polar surface area (TPSA) is 76.1 Å². The number of carboxylic acid groups (broad SMARTS) is 1. The fourth-order valence-electron chi connectivity index (χ4n) is 3.17. The summed E-state index contributed by atoms with van der Waals surface area (Å²) in [6.07, 6.45) is 1.95. The Hall–Kier alpha value is -2.08. The van der Waals surface area contributed by atoms with Crippen LogP contribution in [0.3, 0.4) is 0 Å². The lowest BCUT2D eigenvalue weighted by atomic mass is 10.0. The maximum Gasteiger partial charge on any atom is 0.341 e. The van der Waals surface area contributed by atoms with Crippen molar-refractivity contribution in [2.75, 3.05) is 26.3 Å². The lowest BCUT2D eigenvalue weighted by Gasteiger charge is -2.32. The molecule has 1 aromatic rings. The zero-order valence-electron chi connectivity index (χ0n) is 16.1. The molecule has 0 radical (unpaired) electrons. The van der Waals surface area contributed by atoms with Crippen LogP contribution in [0.5, 0.6) is 5.75 Å². The van der Waals surface area contributed by atoms with Crippen LogP contribution >= 0.6 is 0 Å². The van der Waals surface area contributed by atoms with Crippen LogP contribution in [0.4, 0.5) is 0 Å². The van der Waals surface area contributed by atoms with Crippen LogP contribution in [0, 0.1) is 19.8 Å². The average molecular weight is 363 g/mol. The molecule has 1 N–H and O–H groups in total. The van der Waals surface area contributed by atoms with Gasteiger partial charge < -0.3 is 19.5 Å². The Labute approximate surface area is 155 Å². The summed E-state index contributed by atoms with van der Waals surface area (Å²) in [6.45, 7) is 9.67. The highest BCUT2D eigenvalue weighted by Gasteiger charge is 2.25. The van der Waals surface area contributed by atoms with Crippen molar-refractivity contribution in [2.45, 2.75) is 46.6 Å². The van der Waals surface area contributed by atoms with Crippen molar-refractivity contribution >= 4 is 11.9 Å². The Bertz CT molecular complexity index is 625. The van der Waals surface area contributed by atoms with Gasteiger partial charge in [0.2, 0.25) is 0 Å². The molecular formula is C20H29NO5. The van der Waals surface area contributed by atoms with Crippen molar-refractivity contribution < 1.29 is 24.2 Å². The highest BCUT2D eigenvalue weighted by molar-refractivity contribution is 5.95. The molecule has 1 aliphatic rings. The van der Waals surface area contributed by atoms with E-state index >= 15 is 0 Å². The van der Waals surface area contributed by atoms with E-state index in [-0.39, 0.29) is 12.0 Å². The Kier molecular flexibility index (Phi) is 7.03. The maximum absolute atomic E-state index is 12.8. The summed E-state index contributed by atoms with van der Waals surface area (Å²) in [5.41, 5.74) is 2.15. The highest BCUT2D eigenvalue weighted by atomic mass is 16.5. The van der Waals surface area contributed by atoms with Gasteiger partial charge in [-0.25, -0.2) is 4.79 Å². The first-order chi connectivity index (χ1) is 12.3. The lowest BCUT2D eigenvalue weighted by molar-refractivity contribution is -0.139. The number of nitrogens with zero attached hydrogens (tertiary/aromatic N) is 1. The zero-order valence-corrected chi connectivity index (χ0v) is 16.1. The van der Waals surface area contributed by atoms with Gasteiger partial charge in [-0.2, -0.15) is 0 Å². The van der Waals surface area contributed by atoms with Crippen LogP contribution in [0.15, 0.2) is 12.1 Å². The van der Waals surface area contributed by atoms with E-state index in [4.69, 9.17) is 14.6 Å². The molecular weight excluding hydrogens is 334 g/mol. The molecule has 26 heavy (non-hydrogen) atoms. The number of piperidine rings is 1. The summed E-state index contributed by atoms with van der Waals surface area (Å²) in [4.78, 5) is 25.4. The largest absolute Gasteiger partial charge is 0.481 e. The molecule has 0 aromatic heterocycles. The molecule has 2 rings (SSSR count). The van der Waals surface area contributed by atoms with Gasteiger partial charge in [0.1, 0.15) is 5.75 Å². The standard InChI is InChI=1S/C20H29NO5/c1-13(2)11-25-17-5-7-21(8-6-17)20(24)16-9-14(3)19(15(4)10-16)26-12-18(22)23/h9-10,13,17H,5-8,11-12H2,1-4H3,(H,22,23). The number of hydrogen-bond donors (Lipinski definition) is 1. The maximum atomic E-state index is 12.8. The van der Waals surface area contributed by atoms with E-state index in [0.29, 0.717) is 30.3 Å². The number of carbonyl (C=O) groups excluding carboxylic acids is 1. The molecule has 1 heterocycles. The molecule has 144 valence electrons. The second-order valence-electron chi connectivity index (χ2n) is 7.34. The van der Waals surface area contributed by atoms with Crippen molar-refractivity contribution in [3.63, 3.8) is 0 Å². The van der Waals surface area contributed by atoms with Gasteiger partial charge in [0.05, 0.1) is 6.10 Å². The fraction of sp³-hybridized carbons (Fsp3) is 0.600. The molecule has 1 aromatic carbocycles. The van der Waals surface area contributed by atoms with Crippen molar-refractivity contribution in [2.24, 2.45) is 5.92 Å². The van der Waals surface area contributed by atoms with Crippen LogP contribution < -0.4 is 4.74 Å². The van der Waals surface area contributed by atoms with Gasteiger partial charge in [-0.3, -0.25) is 4.79 Å². The number of likely N-dealkylation sites (tertiary alicyclic amines) is 1. The Morgan fingerprint density at radius 3 is 2.27 bits per heavy atom. The number of hydrogen-bond acceptors (Lipinski definition) is 4. The van der Waals surface area contributed by atoms with Crippen molar-refractivity contribution in [3.05, 3.63) is 28.8 Å². The quantitative estimate of drug-likeness (QED) is 0.806. The number of aryl methyl sites for hydroxylation is 2. The summed E-state index contributed by atoms with van der Waals surface area (Å²) in [6, 6.07) is 3.54. The zero-order chi connectivity index (χ0) is 19.3. The first-order valence-electron chi connectivity index (χ1n) is 9.14. The number of rotatable bonds is 7. The molecule has 1 amide bonds. The van der Waals surface area contributed by atoms with Crippen LogP contribution in [0.25, 0.3) is 0 Å². The van der Waals surface area contributed by atoms with Crippen molar-refractivity contribution in [3.8, 4) is 5.75 Å². The summed E-state index contributed by atoms with van der Waals surface area (Å²) >= 11 is 0. The van der Waals surface area contributed by atoms with Gasteiger partial charge in [-0.1, -0.05) is 13.8 Å². The van der Waals surface area contributed by atoms with Crippen LogP contribution in [0.2, 0.25) is 0 Å². The molecule has 6 nitrogen and oxygen atoms in total. The summed E-state index contributed by atoms with van der Waals surface area (Å²) in [5, 5.41) is 8.76. The molecule has 1 saturated heterocycles. The lowest BCUT2D eigenvalue weighted by Crippen LogP contribution is -2.41. The van der Waals surface area contributed by atoms with E-state index in [9.17, 15) is 9.59 Å². The second kappa shape index (κ2) is 9.03. The third-order valence-electron chi connectivity index (χ3n) is 4.44. The molecule has 0 unspecified atom stereocenters. The van der Waals surface area contributed by atoms with Gasteiger partial charge in [0.25, 0.3) is 5.91 Å². The van der Waals surface area contributed by atoms with Crippen molar-refractivity contribution in [1.29, 1.82) is 0 Å². The minimum Gasteiger partial charge on any atom is -0.481 e. The summed E-state index contributed by atoms with van der Waals surface area (Å²) < 4.78 is 11.2. The number of aliphatic carboxylic acids is 1. The van der Waals surface area contributed by atoms with Crippen LogP contribution in [-0.4, -0.2) is 54.3 Å². The van der Waals surface area contributed by atoms with E-state index < -0.39 is 12.6 Å². The smallest absolute Gasteiger partial charge is 0.341 e. The Morgan fingerprint density at radius 2 is 1.77 bits per heavy atom. The first-order valence-corrected chi connectivity index (χ1v) is 9.14. The Balaban J connectivity index is 1.98. The third-order valence-corrected chi connectivity index (χ3v) is 4.44. The summed E-state index contributed by atoms with van der Waals surface area (Å²) in [7, 11) is 0. The number of amides is 1. The minimum absolute atomic E-state index is 0.00305. The molecule has 0 atom stereocenters. The minimum atomic E-state index is -1.02. The van der Waals surface area contributed by atoms with E-state index in [1.807, 2.05) is 18.7 Å². The van der Waals surface area contributed by atoms with E-state index in [0.717, 1.165) is 30.6 Å². The average Bonchev–Trinajstić information content (AvgIpc) is 2.58. The normalized spacial score (nSPS) is 15.3. The van der Waals surface area contributed by atoms with Gasteiger partial charge in [-0.05, 0) is 55.9 Å². The molecule has 1 aliphatic heterocycles. The second-order valence-corrected chi connectivity index (χ2v) is 7.34. The van der Waals surface area contributed by atoms with Gasteiger partial charge >= 0.3 is 5.97 Å². The van der Waals surface area contributed by atoms with Crippen LogP contribution in [-0.2, 0) is 9.53 Å². The Morgan fingerprint density at radius 1 is 1.19 bits per heavy atom. The van der Waals surface area contributed by atoms with E-state index in [1.54, 1.807) is 12.1 Å². The number of ether oxygens (including phenoxy) is 2. The van der Waals surface area contributed by atoms with E-state index in [2.05, 4.69) is 13.8 Å². The molecule has 0 bridgehead atoms. The molecule has 0 aliphatic carbocycles. The number of carbonyl (C=O) groups is 2. The monoisotopic (exact) mass is 363 g/mol. The number of carboxylic acids is 1. The number of benzene rings is 1. The fourth-order valence-corrected chi connectivity index (χ4v) is 3.17. The SMILES string of the molecule is Cc1cc(C(=O)N2CCC(OCC(C)C)CC2)cc(C)c1OCC(=O)O. The first kappa shape index (κ1) is 20.2. The van der Waals surface area contributed by atoms with Gasteiger partial charge in [-0.15, -0.1) is 0 Å². The molecule has 6 heteroatoms. The molecule has 0 spiro atoms. The van der Waals surface area contributed by atoms with Gasteiger partial charge in [0.15, 0.2) is 6.61 Å². The van der Waals surface area contributed by atoms with Crippen molar-refractivity contribution in [1.82, 2.24) is 4.90 Å². The third kappa shape index (κ3) is 5.46. The molecule has 1 fully saturated rings. The highest BCUT2D eigenvalue weighted by Crippen LogP contribution is 2.26. The van der Waals surface area contributed by atoms with E-state index in [1.165, 1.54) is 0 Å².